The SMILES string of the molecule is C=C.C=C/C(=C\C)Cc1ccccc1. The summed E-state index contributed by atoms with van der Waals surface area (Å²) in [5.74, 6) is 0. The van der Waals surface area contributed by atoms with Gasteiger partial charge in [0.25, 0.3) is 0 Å². The highest BCUT2D eigenvalue weighted by atomic mass is 14.0. The zero-order chi connectivity index (χ0) is 10.8. The lowest BCUT2D eigenvalue weighted by Crippen LogP contribution is -1.85. The maximum atomic E-state index is 3.76. The van der Waals surface area contributed by atoms with Crippen molar-refractivity contribution in [2.24, 2.45) is 0 Å². The quantitative estimate of drug-likeness (QED) is 0.491. The van der Waals surface area contributed by atoms with Gasteiger partial charge in [-0.05, 0) is 24.5 Å². The number of hydrogen-bond donors (Lipinski definition) is 0. The van der Waals surface area contributed by atoms with Crippen molar-refractivity contribution in [2.75, 3.05) is 0 Å². The number of hydrogen-bond acceptors (Lipinski definition) is 0. The number of benzene rings is 1. The summed E-state index contributed by atoms with van der Waals surface area (Å²) >= 11 is 0. The Morgan fingerprint density at radius 1 is 1.21 bits per heavy atom. The minimum absolute atomic E-state index is 0.987. The van der Waals surface area contributed by atoms with Crippen molar-refractivity contribution in [3.05, 3.63) is 73.4 Å². The summed E-state index contributed by atoms with van der Waals surface area (Å²) < 4.78 is 0. The third-order valence-corrected chi connectivity index (χ3v) is 1.88. The third-order valence-electron chi connectivity index (χ3n) is 1.88. The van der Waals surface area contributed by atoms with Crippen LogP contribution in [0.2, 0.25) is 0 Å². The summed E-state index contributed by atoms with van der Waals surface area (Å²) in [6, 6.07) is 10.4. The van der Waals surface area contributed by atoms with Crippen LogP contribution in [0, 0.1) is 0 Å². The van der Waals surface area contributed by atoms with E-state index in [2.05, 4.69) is 50.1 Å². The molecule has 0 aliphatic rings. The van der Waals surface area contributed by atoms with Gasteiger partial charge in [-0.2, -0.15) is 0 Å². The Hall–Kier alpha value is -1.56. The van der Waals surface area contributed by atoms with Crippen molar-refractivity contribution in [3.8, 4) is 0 Å². The lowest BCUT2D eigenvalue weighted by Gasteiger charge is -2.00. The number of allylic oxidation sites excluding steroid dienone is 3. The molecule has 0 aliphatic carbocycles. The summed E-state index contributed by atoms with van der Waals surface area (Å²) in [6.45, 7) is 11.8. The summed E-state index contributed by atoms with van der Waals surface area (Å²) in [6.07, 6.45) is 4.99. The van der Waals surface area contributed by atoms with E-state index in [0.29, 0.717) is 0 Å². The molecule has 0 atom stereocenters. The normalized spacial score (nSPS) is 9.93. The molecule has 0 bridgehead atoms. The zero-order valence-electron chi connectivity index (χ0n) is 8.87. The lowest BCUT2D eigenvalue weighted by molar-refractivity contribution is 1.19. The van der Waals surface area contributed by atoms with Crippen LogP contribution in [0.3, 0.4) is 0 Å². The predicted octanol–water partition coefficient (Wildman–Crippen LogP) is 4.16. The lowest BCUT2D eigenvalue weighted by atomic mass is 10.1. The molecule has 1 aromatic rings. The molecule has 0 saturated heterocycles. The van der Waals surface area contributed by atoms with Gasteiger partial charge in [-0.25, -0.2) is 0 Å². The molecule has 0 amide bonds. The average molecular weight is 186 g/mol. The maximum Gasteiger partial charge on any atom is -0.00293 e. The van der Waals surface area contributed by atoms with E-state index in [9.17, 15) is 0 Å². The van der Waals surface area contributed by atoms with Gasteiger partial charge >= 0.3 is 0 Å². The molecule has 0 heteroatoms. The topological polar surface area (TPSA) is 0 Å². The first-order valence-electron chi connectivity index (χ1n) is 4.68. The van der Waals surface area contributed by atoms with Gasteiger partial charge in [0.1, 0.15) is 0 Å². The second-order valence-corrected chi connectivity index (χ2v) is 2.73. The fourth-order valence-corrected chi connectivity index (χ4v) is 1.12. The van der Waals surface area contributed by atoms with Gasteiger partial charge in [-0.3, -0.25) is 0 Å². The van der Waals surface area contributed by atoms with Crippen molar-refractivity contribution in [2.45, 2.75) is 13.3 Å². The molecule has 0 heterocycles. The van der Waals surface area contributed by atoms with E-state index in [-0.39, 0.29) is 0 Å². The van der Waals surface area contributed by atoms with Gasteiger partial charge in [0.05, 0.1) is 0 Å². The minimum atomic E-state index is 0.987. The van der Waals surface area contributed by atoms with Crippen molar-refractivity contribution in [1.29, 1.82) is 0 Å². The van der Waals surface area contributed by atoms with Crippen LogP contribution in [0.4, 0.5) is 0 Å². The molecule has 0 spiro atoms. The molecule has 0 aromatic heterocycles. The fraction of sp³-hybridized carbons (Fsp3) is 0.143. The number of rotatable bonds is 3. The average Bonchev–Trinajstić information content (AvgIpc) is 2.30. The molecule has 1 rings (SSSR count). The fourth-order valence-electron chi connectivity index (χ4n) is 1.12. The van der Waals surface area contributed by atoms with E-state index in [0.717, 1.165) is 6.42 Å². The zero-order valence-corrected chi connectivity index (χ0v) is 8.87. The van der Waals surface area contributed by atoms with Gasteiger partial charge in [0, 0.05) is 0 Å². The predicted molar refractivity (Wildman–Crippen MR) is 65.4 cm³/mol. The summed E-state index contributed by atoms with van der Waals surface area (Å²) in [7, 11) is 0. The van der Waals surface area contributed by atoms with Gasteiger partial charge in [-0.1, -0.05) is 49.1 Å². The first-order valence-corrected chi connectivity index (χ1v) is 4.68. The molecular formula is C14H18. The van der Waals surface area contributed by atoms with E-state index in [4.69, 9.17) is 0 Å². The second-order valence-electron chi connectivity index (χ2n) is 2.73. The third kappa shape index (κ3) is 4.46. The Morgan fingerprint density at radius 3 is 2.21 bits per heavy atom. The minimum Gasteiger partial charge on any atom is -0.106 e. The highest BCUT2D eigenvalue weighted by Crippen LogP contribution is 2.07. The molecule has 0 aliphatic heterocycles. The van der Waals surface area contributed by atoms with Gasteiger partial charge in [0.2, 0.25) is 0 Å². The highest BCUT2D eigenvalue weighted by Gasteiger charge is 1.92. The van der Waals surface area contributed by atoms with Crippen molar-refractivity contribution < 1.29 is 0 Å². The molecule has 0 fully saturated rings. The summed E-state index contributed by atoms with van der Waals surface area (Å²) in [5.41, 5.74) is 2.62. The van der Waals surface area contributed by atoms with E-state index >= 15 is 0 Å². The maximum absolute atomic E-state index is 3.76. The van der Waals surface area contributed by atoms with E-state index in [1.165, 1.54) is 11.1 Å². The first-order chi connectivity index (χ1) is 6.86. The van der Waals surface area contributed by atoms with Crippen molar-refractivity contribution in [1.82, 2.24) is 0 Å². The van der Waals surface area contributed by atoms with E-state index < -0.39 is 0 Å². The van der Waals surface area contributed by atoms with Crippen LogP contribution in [-0.4, -0.2) is 0 Å². The van der Waals surface area contributed by atoms with Crippen LogP contribution in [0.15, 0.2) is 67.8 Å². The Kier molecular flexibility index (Phi) is 7.16. The Labute approximate surface area is 87.3 Å². The molecule has 0 unspecified atom stereocenters. The molecule has 14 heavy (non-hydrogen) atoms. The second kappa shape index (κ2) is 8.06. The first kappa shape index (κ1) is 12.4. The Balaban J connectivity index is 0.000000791. The van der Waals surface area contributed by atoms with E-state index in [1.54, 1.807) is 0 Å². The molecule has 0 N–H and O–H groups in total. The largest absolute Gasteiger partial charge is 0.106 e. The van der Waals surface area contributed by atoms with Crippen molar-refractivity contribution in [3.63, 3.8) is 0 Å². The highest BCUT2D eigenvalue weighted by molar-refractivity contribution is 5.26. The van der Waals surface area contributed by atoms with E-state index in [1.807, 2.05) is 19.1 Å². The molecule has 0 saturated carbocycles. The van der Waals surface area contributed by atoms with Gasteiger partial charge < -0.3 is 0 Å². The van der Waals surface area contributed by atoms with Crippen LogP contribution < -0.4 is 0 Å². The molecular weight excluding hydrogens is 168 g/mol. The van der Waals surface area contributed by atoms with Crippen LogP contribution >= 0.6 is 0 Å². The van der Waals surface area contributed by atoms with Gasteiger partial charge in [0.15, 0.2) is 0 Å². The monoisotopic (exact) mass is 186 g/mol. The molecule has 1 aromatic carbocycles. The Morgan fingerprint density at radius 2 is 1.79 bits per heavy atom. The van der Waals surface area contributed by atoms with Crippen molar-refractivity contribution >= 4 is 0 Å². The van der Waals surface area contributed by atoms with Crippen LogP contribution in [0.5, 0.6) is 0 Å². The summed E-state index contributed by atoms with van der Waals surface area (Å²) in [5, 5.41) is 0. The van der Waals surface area contributed by atoms with Gasteiger partial charge in [-0.15, -0.1) is 13.2 Å². The van der Waals surface area contributed by atoms with Crippen LogP contribution in [-0.2, 0) is 6.42 Å². The smallest absolute Gasteiger partial charge is 0.00293 e. The van der Waals surface area contributed by atoms with Crippen LogP contribution in [0.25, 0.3) is 0 Å². The summed E-state index contributed by atoms with van der Waals surface area (Å²) in [4.78, 5) is 0. The standard InChI is InChI=1S/C12H14.C2H4/c1-3-11(4-2)10-12-8-6-5-7-9-12;1-2/h3-9H,1,10H2,2H3;1-2H2/b11-4+;. The molecule has 0 nitrogen and oxygen atoms in total. The van der Waals surface area contributed by atoms with Crippen LogP contribution in [0.1, 0.15) is 12.5 Å². The Bertz CT molecular complexity index is 280. The molecule has 74 valence electrons. The molecule has 0 radical (unpaired) electrons.